The van der Waals surface area contributed by atoms with Crippen LogP contribution in [0.15, 0.2) is 48.7 Å². The number of anilines is 1. The number of piperazine rings is 1. The van der Waals surface area contributed by atoms with E-state index in [2.05, 4.69) is 33.9 Å². The molecule has 1 aromatic carbocycles. The molecule has 3 N–H and O–H groups in total. The van der Waals surface area contributed by atoms with Crippen LogP contribution < -0.4 is 14.8 Å². The Labute approximate surface area is 153 Å². The highest BCUT2D eigenvalue weighted by atomic mass is 16.1. The summed E-state index contributed by atoms with van der Waals surface area (Å²) in [6.07, 6.45) is 1.96. The van der Waals surface area contributed by atoms with Crippen molar-refractivity contribution < 1.29 is 14.7 Å². The van der Waals surface area contributed by atoms with Gasteiger partial charge in [0.2, 0.25) is 5.78 Å². The first-order valence-electron chi connectivity index (χ1n) is 9.33. The van der Waals surface area contributed by atoms with Crippen LogP contribution in [0.4, 0.5) is 5.82 Å². The Bertz CT molecular complexity index is 910. The molecule has 0 spiro atoms. The highest BCUT2D eigenvalue weighted by Crippen LogP contribution is 2.22. The zero-order valence-corrected chi connectivity index (χ0v) is 15.4. The number of H-pyrrole nitrogens is 2. The maximum absolute atomic E-state index is 13.2. The second-order valence-corrected chi connectivity index (χ2v) is 7.15. The first-order valence-corrected chi connectivity index (χ1v) is 9.33. The maximum atomic E-state index is 13.2. The molecule has 3 heterocycles. The van der Waals surface area contributed by atoms with E-state index in [4.69, 9.17) is 0 Å². The van der Waals surface area contributed by atoms with E-state index in [0.29, 0.717) is 0 Å². The number of quaternary nitrogens is 1. The lowest BCUT2D eigenvalue weighted by atomic mass is 10.0. The molecule has 0 saturated carbocycles. The number of ketones is 1. The summed E-state index contributed by atoms with van der Waals surface area (Å²) in [6.45, 7) is 7.93. The lowest BCUT2D eigenvalue weighted by Gasteiger charge is -2.31. The van der Waals surface area contributed by atoms with Crippen LogP contribution in [0.2, 0.25) is 0 Å². The van der Waals surface area contributed by atoms with E-state index < -0.39 is 0 Å². The third kappa shape index (κ3) is 2.99. The molecule has 0 radical (unpaired) electrons. The van der Waals surface area contributed by atoms with Crippen molar-refractivity contribution in [2.24, 2.45) is 0 Å². The van der Waals surface area contributed by atoms with Gasteiger partial charge in [-0.1, -0.05) is 24.3 Å². The molecule has 1 atom stereocenters. The number of aryl methyl sites for hydroxylation is 1. The van der Waals surface area contributed by atoms with E-state index >= 15 is 0 Å². The van der Waals surface area contributed by atoms with Gasteiger partial charge in [-0.05, 0) is 26.0 Å². The molecule has 5 nitrogen and oxygen atoms in total. The lowest BCUT2D eigenvalue weighted by Crippen LogP contribution is -3.18. The Morgan fingerprint density at radius 2 is 1.88 bits per heavy atom. The standard InChI is InChI=1S/C21H24N4O/c1-15-20(17-7-3-4-8-18(17)23-15)21(26)16(2)24-11-13-25(14-12-24)19-9-5-6-10-22-19/h3-10,16,23H,11-14H2,1-2H3/p+2/t16-/m1/s1. The van der Waals surface area contributed by atoms with Crippen molar-refractivity contribution in [2.75, 3.05) is 31.1 Å². The molecule has 26 heavy (non-hydrogen) atoms. The Morgan fingerprint density at radius 3 is 2.62 bits per heavy atom. The van der Waals surface area contributed by atoms with Crippen LogP contribution in [0.25, 0.3) is 10.9 Å². The van der Waals surface area contributed by atoms with Gasteiger partial charge in [0.15, 0.2) is 0 Å². The van der Waals surface area contributed by atoms with E-state index in [1.54, 1.807) is 0 Å². The number of pyridine rings is 1. The fourth-order valence-electron chi connectivity index (χ4n) is 4.04. The van der Waals surface area contributed by atoms with Crippen LogP contribution in [-0.4, -0.2) is 43.0 Å². The molecule has 5 heteroatoms. The van der Waals surface area contributed by atoms with Crippen LogP contribution in [0.5, 0.6) is 0 Å². The number of nitrogens with one attached hydrogen (secondary N) is 3. The minimum Gasteiger partial charge on any atom is -0.358 e. The molecule has 0 amide bonds. The Hall–Kier alpha value is -2.66. The van der Waals surface area contributed by atoms with Crippen molar-refractivity contribution in [1.82, 2.24) is 4.98 Å². The molecule has 2 aromatic heterocycles. The van der Waals surface area contributed by atoms with Crippen molar-refractivity contribution in [3.8, 4) is 0 Å². The SMILES string of the molecule is Cc1[nH]c2ccccc2c1C(=O)[C@@H](C)[NH+]1CCN(c2cccc[nH+]2)CC1. The summed E-state index contributed by atoms with van der Waals surface area (Å²) >= 11 is 0. The molecule has 0 aliphatic carbocycles. The van der Waals surface area contributed by atoms with Gasteiger partial charge in [-0.15, -0.1) is 0 Å². The molecule has 1 saturated heterocycles. The lowest BCUT2D eigenvalue weighted by molar-refractivity contribution is -0.914. The number of carbonyl (C=O) groups is 1. The second kappa shape index (κ2) is 6.92. The summed E-state index contributed by atoms with van der Waals surface area (Å²) in [4.78, 5) is 23.6. The van der Waals surface area contributed by atoms with Crippen molar-refractivity contribution in [3.05, 3.63) is 59.9 Å². The molecule has 0 bridgehead atoms. The van der Waals surface area contributed by atoms with Crippen LogP contribution in [0.1, 0.15) is 23.0 Å². The van der Waals surface area contributed by atoms with Crippen molar-refractivity contribution in [2.45, 2.75) is 19.9 Å². The average molecular weight is 350 g/mol. The van der Waals surface area contributed by atoms with Crippen molar-refractivity contribution in [3.63, 3.8) is 0 Å². The average Bonchev–Trinajstić information content (AvgIpc) is 3.03. The predicted octanol–water partition coefficient (Wildman–Crippen LogP) is 1.27. The summed E-state index contributed by atoms with van der Waals surface area (Å²) in [5.74, 6) is 1.40. The second-order valence-electron chi connectivity index (χ2n) is 7.15. The number of rotatable bonds is 4. The Balaban J connectivity index is 1.49. The minimum absolute atomic E-state index is 0.0326. The maximum Gasteiger partial charge on any atom is 0.274 e. The molecule has 1 fully saturated rings. The molecule has 4 rings (SSSR count). The number of Topliss-reactive ketones (excluding diaryl/α,β-unsaturated/α-hetero) is 1. The number of carbonyl (C=O) groups excluding carboxylic acids is 1. The summed E-state index contributed by atoms with van der Waals surface area (Å²) < 4.78 is 0. The Morgan fingerprint density at radius 1 is 1.15 bits per heavy atom. The van der Waals surface area contributed by atoms with Gasteiger partial charge in [0.05, 0.1) is 11.8 Å². The molecule has 1 aliphatic rings. The largest absolute Gasteiger partial charge is 0.358 e. The van der Waals surface area contributed by atoms with Gasteiger partial charge in [-0.3, -0.25) is 9.69 Å². The third-order valence-corrected chi connectivity index (χ3v) is 5.58. The van der Waals surface area contributed by atoms with E-state index in [1.807, 2.05) is 43.5 Å². The van der Waals surface area contributed by atoms with Gasteiger partial charge in [0.25, 0.3) is 5.82 Å². The van der Waals surface area contributed by atoms with E-state index in [1.165, 1.54) is 4.90 Å². The van der Waals surface area contributed by atoms with E-state index in [-0.39, 0.29) is 11.8 Å². The first kappa shape index (κ1) is 16.8. The van der Waals surface area contributed by atoms with E-state index in [9.17, 15) is 4.79 Å². The molecule has 134 valence electrons. The first-order chi connectivity index (χ1) is 12.6. The van der Waals surface area contributed by atoms with Crippen molar-refractivity contribution in [1.29, 1.82) is 0 Å². The van der Waals surface area contributed by atoms with Gasteiger partial charge in [-0.2, -0.15) is 0 Å². The molecule has 0 unspecified atom stereocenters. The normalized spacial score (nSPS) is 16.8. The number of hydrogen-bond donors (Lipinski definition) is 2. The monoisotopic (exact) mass is 350 g/mol. The zero-order chi connectivity index (χ0) is 18.1. The highest BCUT2D eigenvalue weighted by Gasteiger charge is 2.34. The van der Waals surface area contributed by atoms with Crippen LogP contribution in [-0.2, 0) is 0 Å². The number of nitrogens with zero attached hydrogens (tertiary/aromatic N) is 1. The smallest absolute Gasteiger partial charge is 0.274 e. The van der Waals surface area contributed by atoms with Crippen LogP contribution in [0.3, 0.4) is 0 Å². The molecular formula is C21H26N4O+2. The summed E-state index contributed by atoms with van der Waals surface area (Å²) in [6, 6.07) is 14.2. The highest BCUT2D eigenvalue weighted by molar-refractivity contribution is 6.10. The summed E-state index contributed by atoms with van der Waals surface area (Å²) in [5, 5.41) is 1.04. The number of aromatic nitrogens is 2. The van der Waals surface area contributed by atoms with Gasteiger partial charge in [-0.25, -0.2) is 4.98 Å². The topological polar surface area (TPSA) is 54.7 Å². The number of hydrogen-bond acceptors (Lipinski definition) is 2. The molecule has 3 aromatic rings. The number of para-hydroxylation sites is 1. The number of benzene rings is 1. The van der Waals surface area contributed by atoms with Gasteiger partial charge in [0, 0.05) is 22.7 Å². The quantitative estimate of drug-likeness (QED) is 0.696. The Kier molecular flexibility index (Phi) is 4.47. The minimum atomic E-state index is -0.0326. The van der Waals surface area contributed by atoms with Crippen LogP contribution >= 0.6 is 0 Å². The zero-order valence-electron chi connectivity index (χ0n) is 15.4. The number of aromatic amines is 2. The van der Waals surface area contributed by atoms with Crippen molar-refractivity contribution >= 4 is 22.5 Å². The van der Waals surface area contributed by atoms with E-state index in [0.717, 1.165) is 54.2 Å². The summed E-state index contributed by atoms with van der Waals surface area (Å²) in [5.41, 5.74) is 2.87. The third-order valence-electron chi connectivity index (χ3n) is 5.58. The van der Waals surface area contributed by atoms with Crippen LogP contribution in [0, 0.1) is 6.92 Å². The van der Waals surface area contributed by atoms with Gasteiger partial charge in [0.1, 0.15) is 32.2 Å². The molecular weight excluding hydrogens is 324 g/mol. The number of fused-ring (bicyclic) bond motifs is 1. The van der Waals surface area contributed by atoms with Gasteiger partial charge >= 0.3 is 0 Å². The fourth-order valence-corrected chi connectivity index (χ4v) is 4.04. The summed E-state index contributed by atoms with van der Waals surface area (Å²) in [7, 11) is 0. The fraction of sp³-hybridized carbons (Fsp3) is 0.333. The van der Waals surface area contributed by atoms with Gasteiger partial charge < -0.3 is 9.88 Å². The predicted molar refractivity (Wildman–Crippen MR) is 103 cm³/mol. The molecule has 1 aliphatic heterocycles.